The number of halogens is 1. The molecule has 0 unspecified atom stereocenters. The molecule has 1 amide bonds. The summed E-state index contributed by atoms with van der Waals surface area (Å²) in [6, 6.07) is 22.4. The average molecular weight is 429 g/mol. The van der Waals surface area contributed by atoms with E-state index in [1.807, 2.05) is 30.3 Å². The molecule has 150 valence electrons. The monoisotopic (exact) mass is 428 g/mol. The second kappa shape index (κ2) is 9.11. The maximum atomic E-state index is 13.3. The zero-order valence-corrected chi connectivity index (χ0v) is 17.5. The molecule has 0 fully saturated rings. The molecule has 0 bridgehead atoms. The minimum absolute atomic E-state index is 0.116. The van der Waals surface area contributed by atoms with Gasteiger partial charge in [-0.2, -0.15) is 0 Å². The Kier molecular flexibility index (Phi) is 6.56. The molecule has 0 aliphatic heterocycles. The summed E-state index contributed by atoms with van der Waals surface area (Å²) >= 11 is 6.03. The first-order valence-electron chi connectivity index (χ1n) is 9.02. The fraction of sp³-hybridized carbons (Fsp3) is 0.136. The molecule has 3 aromatic carbocycles. The van der Waals surface area contributed by atoms with Gasteiger partial charge in [0.15, 0.2) is 0 Å². The maximum absolute atomic E-state index is 13.3. The van der Waals surface area contributed by atoms with Gasteiger partial charge in [-0.1, -0.05) is 60.1 Å². The van der Waals surface area contributed by atoms with Crippen molar-refractivity contribution in [3.8, 4) is 0 Å². The third-order valence-corrected chi connectivity index (χ3v) is 6.39. The van der Waals surface area contributed by atoms with Gasteiger partial charge in [-0.25, -0.2) is 8.42 Å². The Morgan fingerprint density at radius 2 is 1.59 bits per heavy atom. The molecule has 0 spiro atoms. The molecule has 3 rings (SSSR count). The largest absolute Gasteiger partial charge is 0.350 e. The van der Waals surface area contributed by atoms with Crippen LogP contribution in [-0.2, 0) is 21.4 Å². The number of sulfonamides is 1. The summed E-state index contributed by atoms with van der Waals surface area (Å²) in [4.78, 5) is 12.7. The van der Waals surface area contributed by atoms with Crippen molar-refractivity contribution in [3.63, 3.8) is 0 Å². The summed E-state index contributed by atoms with van der Waals surface area (Å²) in [7, 11) is -3.94. The van der Waals surface area contributed by atoms with Gasteiger partial charge in [0.25, 0.3) is 10.0 Å². The lowest BCUT2D eigenvalue weighted by Gasteiger charge is -2.25. The lowest BCUT2D eigenvalue weighted by molar-refractivity contribution is -0.119. The molecule has 29 heavy (non-hydrogen) atoms. The molecule has 5 nitrogen and oxygen atoms in total. The Morgan fingerprint density at radius 3 is 2.21 bits per heavy atom. The molecule has 0 saturated heterocycles. The van der Waals surface area contributed by atoms with E-state index in [1.54, 1.807) is 43.3 Å². The highest BCUT2D eigenvalue weighted by molar-refractivity contribution is 7.92. The zero-order valence-electron chi connectivity index (χ0n) is 15.9. The SMILES string of the molecule is Cc1cc(Cl)ccc1N(CC(=O)NCc1ccccc1)S(=O)(=O)c1ccccc1. The van der Waals surface area contributed by atoms with Gasteiger partial charge < -0.3 is 5.32 Å². The molecule has 0 saturated carbocycles. The molecule has 0 atom stereocenters. The molecule has 0 aliphatic carbocycles. The van der Waals surface area contributed by atoms with Crippen molar-refractivity contribution in [2.45, 2.75) is 18.4 Å². The topological polar surface area (TPSA) is 66.5 Å². The summed E-state index contributed by atoms with van der Waals surface area (Å²) < 4.78 is 27.7. The second-order valence-electron chi connectivity index (χ2n) is 6.52. The van der Waals surface area contributed by atoms with Crippen LogP contribution in [0.1, 0.15) is 11.1 Å². The number of anilines is 1. The Labute approximate surface area is 176 Å². The van der Waals surface area contributed by atoms with Crippen molar-refractivity contribution in [1.82, 2.24) is 5.32 Å². The Bertz CT molecular complexity index is 1090. The number of amides is 1. The number of hydrogen-bond donors (Lipinski definition) is 1. The molecule has 3 aromatic rings. The minimum atomic E-state index is -3.94. The van der Waals surface area contributed by atoms with E-state index in [0.29, 0.717) is 22.8 Å². The van der Waals surface area contributed by atoms with E-state index in [1.165, 1.54) is 12.1 Å². The third kappa shape index (κ3) is 5.16. The third-order valence-electron chi connectivity index (χ3n) is 4.38. The number of hydrogen-bond acceptors (Lipinski definition) is 3. The van der Waals surface area contributed by atoms with E-state index < -0.39 is 15.9 Å². The molecule has 0 aromatic heterocycles. The van der Waals surface area contributed by atoms with Gasteiger partial charge in [-0.3, -0.25) is 9.10 Å². The van der Waals surface area contributed by atoms with Crippen molar-refractivity contribution in [2.75, 3.05) is 10.8 Å². The van der Waals surface area contributed by atoms with Crippen LogP contribution >= 0.6 is 11.6 Å². The number of nitrogens with zero attached hydrogens (tertiary/aromatic N) is 1. The van der Waals surface area contributed by atoms with Gasteiger partial charge in [0.05, 0.1) is 10.6 Å². The molecule has 0 aliphatic rings. The zero-order chi connectivity index (χ0) is 20.9. The smallest absolute Gasteiger partial charge is 0.264 e. The summed E-state index contributed by atoms with van der Waals surface area (Å²) in [5.41, 5.74) is 2.00. The van der Waals surface area contributed by atoms with E-state index in [4.69, 9.17) is 11.6 Å². The van der Waals surface area contributed by atoms with Crippen molar-refractivity contribution in [2.24, 2.45) is 0 Å². The molecular formula is C22H21ClN2O3S. The van der Waals surface area contributed by atoms with Crippen LogP contribution in [0, 0.1) is 6.92 Å². The summed E-state index contributed by atoms with van der Waals surface area (Å²) in [5.74, 6) is -0.400. The number of nitrogens with one attached hydrogen (secondary N) is 1. The van der Waals surface area contributed by atoms with Crippen molar-refractivity contribution >= 4 is 33.2 Å². The first-order valence-corrected chi connectivity index (χ1v) is 10.8. The number of carbonyl (C=O) groups excluding carboxylic acids is 1. The number of rotatable bonds is 7. The van der Waals surface area contributed by atoms with Crippen LogP contribution in [0.3, 0.4) is 0 Å². The Morgan fingerprint density at radius 1 is 0.966 bits per heavy atom. The predicted octanol–water partition coefficient (Wildman–Crippen LogP) is 4.16. The summed E-state index contributed by atoms with van der Waals surface area (Å²) in [5, 5.41) is 3.28. The number of aryl methyl sites for hydroxylation is 1. The number of benzene rings is 3. The Balaban J connectivity index is 1.90. The maximum Gasteiger partial charge on any atom is 0.264 e. The highest BCUT2D eigenvalue weighted by Gasteiger charge is 2.28. The lowest BCUT2D eigenvalue weighted by Crippen LogP contribution is -2.41. The van der Waals surface area contributed by atoms with Crippen LogP contribution in [0.4, 0.5) is 5.69 Å². The summed E-state index contributed by atoms with van der Waals surface area (Å²) in [6.07, 6.45) is 0. The van der Waals surface area contributed by atoms with Crippen molar-refractivity contribution in [3.05, 3.63) is 95.0 Å². The minimum Gasteiger partial charge on any atom is -0.350 e. The molecule has 0 radical (unpaired) electrons. The van der Waals surface area contributed by atoms with E-state index in [0.717, 1.165) is 9.87 Å². The van der Waals surface area contributed by atoms with Crippen LogP contribution in [0.5, 0.6) is 0 Å². The van der Waals surface area contributed by atoms with Gasteiger partial charge in [0.1, 0.15) is 6.54 Å². The molecule has 7 heteroatoms. The van der Waals surface area contributed by atoms with Crippen molar-refractivity contribution < 1.29 is 13.2 Å². The summed E-state index contributed by atoms with van der Waals surface area (Å²) in [6.45, 7) is 1.74. The van der Waals surface area contributed by atoms with Gasteiger partial charge in [0, 0.05) is 11.6 Å². The number of carbonyl (C=O) groups is 1. The quantitative estimate of drug-likeness (QED) is 0.614. The lowest BCUT2D eigenvalue weighted by atomic mass is 10.2. The van der Waals surface area contributed by atoms with Crippen LogP contribution in [-0.4, -0.2) is 20.9 Å². The van der Waals surface area contributed by atoms with Crippen LogP contribution in [0.15, 0.2) is 83.8 Å². The highest BCUT2D eigenvalue weighted by atomic mass is 35.5. The standard InChI is InChI=1S/C22H21ClN2O3S/c1-17-14-19(23)12-13-21(17)25(29(27,28)20-10-6-3-7-11-20)16-22(26)24-15-18-8-4-2-5-9-18/h2-14H,15-16H2,1H3,(H,24,26). The first-order chi connectivity index (χ1) is 13.9. The fourth-order valence-corrected chi connectivity index (χ4v) is 4.63. The van der Waals surface area contributed by atoms with Gasteiger partial charge >= 0.3 is 0 Å². The second-order valence-corrected chi connectivity index (χ2v) is 8.82. The normalized spacial score (nSPS) is 11.1. The van der Waals surface area contributed by atoms with Crippen LogP contribution < -0.4 is 9.62 Å². The fourth-order valence-electron chi connectivity index (χ4n) is 2.90. The van der Waals surface area contributed by atoms with E-state index >= 15 is 0 Å². The van der Waals surface area contributed by atoms with Gasteiger partial charge in [0.2, 0.25) is 5.91 Å². The first kappa shape index (κ1) is 20.9. The van der Waals surface area contributed by atoms with E-state index in [9.17, 15) is 13.2 Å². The van der Waals surface area contributed by atoms with Crippen LogP contribution in [0.25, 0.3) is 0 Å². The van der Waals surface area contributed by atoms with E-state index in [-0.39, 0.29) is 11.4 Å². The van der Waals surface area contributed by atoms with Gasteiger partial charge in [-0.15, -0.1) is 0 Å². The predicted molar refractivity (Wildman–Crippen MR) is 115 cm³/mol. The molecular weight excluding hydrogens is 408 g/mol. The van der Waals surface area contributed by atoms with Gasteiger partial charge in [-0.05, 0) is 48.4 Å². The highest BCUT2D eigenvalue weighted by Crippen LogP contribution is 2.28. The van der Waals surface area contributed by atoms with E-state index in [2.05, 4.69) is 5.32 Å². The van der Waals surface area contributed by atoms with Crippen molar-refractivity contribution in [1.29, 1.82) is 0 Å². The van der Waals surface area contributed by atoms with Crippen LogP contribution in [0.2, 0.25) is 5.02 Å². The Hall–Kier alpha value is -2.83. The molecule has 1 N–H and O–H groups in total. The average Bonchev–Trinajstić information content (AvgIpc) is 2.72. The molecule has 0 heterocycles.